The van der Waals surface area contributed by atoms with Crippen LogP contribution in [0, 0.1) is 0 Å². The van der Waals surface area contributed by atoms with Crippen molar-refractivity contribution in [3.8, 4) is 0 Å². The van der Waals surface area contributed by atoms with Crippen molar-refractivity contribution in [3.05, 3.63) is 0 Å². The molecular weight excluding hydrogens is 239 g/mol. The Kier molecular flexibility index (Phi) is 5.90. The summed E-state index contributed by atoms with van der Waals surface area (Å²) in [7, 11) is 0. The first-order valence-electron chi connectivity index (χ1n) is 5.93. The van der Waals surface area contributed by atoms with E-state index in [1.165, 1.54) is 6.42 Å². The van der Waals surface area contributed by atoms with Gasteiger partial charge in [0.1, 0.15) is 0 Å². The number of alkyl halides is 4. The Morgan fingerprint density at radius 3 is 2.50 bits per heavy atom. The molecule has 0 amide bonds. The van der Waals surface area contributed by atoms with E-state index in [0.717, 1.165) is 25.7 Å². The van der Waals surface area contributed by atoms with Gasteiger partial charge in [-0.05, 0) is 25.8 Å². The molecule has 0 saturated heterocycles. The Balaban J connectivity index is 2.15. The lowest BCUT2D eigenvalue weighted by Crippen LogP contribution is -2.37. The first kappa shape index (κ1) is 14.1. The van der Waals surface area contributed by atoms with Crippen molar-refractivity contribution >= 4 is 11.6 Å². The van der Waals surface area contributed by atoms with Crippen molar-refractivity contribution in [2.45, 2.75) is 62.5 Å². The van der Waals surface area contributed by atoms with E-state index in [2.05, 4.69) is 5.32 Å². The molecule has 0 radical (unpaired) electrons. The molecule has 1 aliphatic rings. The molecule has 96 valence electrons. The van der Waals surface area contributed by atoms with Crippen LogP contribution in [0.3, 0.4) is 0 Å². The third-order valence-electron chi connectivity index (χ3n) is 2.98. The Morgan fingerprint density at radius 1 is 1.12 bits per heavy atom. The largest absolute Gasteiger partial charge is 0.389 e. The summed E-state index contributed by atoms with van der Waals surface area (Å²) in [5, 5.41) is 3.23. The molecule has 0 bridgehead atoms. The quantitative estimate of drug-likeness (QED) is 0.458. The zero-order chi connectivity index (χ0) is 12.0. The topological polar surface area (TPSA) is 12.0 Å². The minimum absolute atomic E-state index is 0.0772. The summed E-state index contributed by atoms with van der Waals surface area (Å²) >= 11 is 6.17. The molecule has 1 aliphatic carbocycles. The number of rotatable bonds is 4. The fourth-order valence-electron chi connectivity index (χ4n) is 2.07. The van der Waals surface area contributed by atoms with E-state index >= 15 is 0 Å². The maximum atomic E-state index is 11.9. The van der Waals surface area contributed by atoms with Gasteiger partial charge in [0.25, 0.3) is 0 Å². The van der Waals surface area contributed by atoms with Gasteiger partial charge in [0, 0.05) is 17.8 Å². The van der Waals surface area contributed by atoms with Gasteiger partial charge in [-0.3, -0.25) is 0 Å². The van der Waals surface area contributed by atoms with E-state index < -0.39 is 12.6 Å². The van der Waals surface area contributed by atoms with Crippen molar-refractivity contribution in [1.29, 1.82) is 0 Å². The van der Waals surface area contributed by atoms with Crippen molar-refractivity contribution in [1.82, 2.24) is 5.32 Å². The zero-order valence-electron chi connectivity index (χ0n) is 9.32. The van der Waals surface area contributed by atoms with Crippen molar-refractivity contribution in [2.75, 3.05) is 6.54 Å². The van der Waals surface area contributed by atoms with Crippen LogP contribution in [-0.2, 0) is 0 Å². The highest BCUT2D eigenvalue weighted by atomic mass is 35.5. The van der Waals surface area contributed by atoms with Gasteiger partial charge in [-0.2, -0.15) is 13.2 Å². The second-order valence-electron chi connectivity index (χ2n) is 4.43. The van der Waals surface area contributed by atoms with Gasteiger partial charge in [-0.15, -0.1) is 11.6 Å². The van der Waals surface area contributed by atoms with Crippen LogP contribution in [-0.4, -0.2) is 24.1 Å². The molecule has 0 spiro atoms. The first-order chi connectivity index (χ1) is 7.49. The van der Waals surface area contributed by atoms with E-state index in [0.29, 0.717) is 6.54 Å². The molecule has 0 aromatic rings. The third-order valence-corrected chi connectivity index (χ3v) is 3.50. The maximum Gasteiger partial charge on any atom is 0.389 e. The molecule has 2 atom stereocenters. The minimum Gasteiger partial charge on any atom is -0.313 e. The molecule has 1 rings (SSSR count). The molecule has 0 aliphatic heterocycles. The SMILES string of the molecule is FC(F)(F)CCCNC1CCCCCC1Cl. The molecule has 1 saturated carbocycles. The highest BCUT2D eigenvalue weighted by Crippen LogP contribution is 2.23. The summed E-state index contributed by atoms with van der Waals surface area (Å²) in [6.45, 7) is 0.410. The summed E-state index contributed by atoms with van der Waals surface area (Å²) in [6, 6.07) is 0.192. The Hall–Kier alpha value is 0.0400. The molecule has 1 N–H and O–H groups in total. The summed E-state index contributed by atoms with van der Waals surface area (Å²) in [5.41, 5.74) is 0. The van der Waals surface area contributed by atoms with E-state index in [4.69, 9.17) is 11.6 Å². The fraction of sp³-hybridized carbons (Fsp3) is 1.00. The van der Waals surface area contributed by atoms with Gasteiger partial charge in [0.05, 0.1) is 0 Å². The van der Waals surface area contributed by atoms with Crippen molar-refractivity contribution < 1.29 is 13.2 Å². The molecule has 1 fully saturated rings. The molecule has 5 heteroatoms. The molecular formula is C11H19ClF3N. The number of hydrogen-bond acceptors (Lipinski definition) is 1. The molecule has 0 aromatic heterocycles. The lowest BCUT2D eigenvalue weighted by molar-refractivity contribution is -0.135. The maximum absolute atomic E-state index is 11.9. The summed E-state index contributed by atoms with van der Waals surface area (Å²) in [4.78, 5) is 0. The standard InChI is InChI=1S/C11H19ClF3N/c12-9-5-2-1-3-6-10(9)16-8-4-7-11(13,14)15/h9-10,16H,1-8H2. The molecule has 1 nitrogen and oxygen atoms in total. The minimum atomic E-state index is -4.04. The molecule has 0 aromatic carbocycles. The number of nitrogens with one attached hydrogen (secondary N) is 1. The first-order valence-corrected chi connectivity index (χ1v) is 6.37. The van der Waals surface area contributed by atoms with E-state index in [9.17, 15) is 13.2 Å². The van der Waals surface area contributed by atoms with Crippen molar-refractivity contribution in [3.63, 3.8) is 0 Å². The summed E-state index contributed by atoms with van der Waals surface area (Å²) in [5.74, 6) is 0. The van der Waals surface area contributed by atoms with Gasteiger partial charge in [0.15, 0.2) is 0 Å². The second kappa shape index (κ2) is 6.70. The highest BCUT2D eigenvalue weighted by Gasteiger charge is 2.26. The summed E-state index contributed by atoms with van der Waals surface area (Å²) in [6.07, 6.45) is 0.798. The van der Waals surface area contributed by atoms with E-state index in [1.54, 1.807) is 0 Å². The van der Waals surface area contributed by atoms with E-state index in [1.807, 2.05) is 0 Å². The third kappa shape index (κ3) is 5.94. The van der Waals surface area contributed by atoms with Crippen LogP contribution < -0.4 is 5.32 Å². The highest BCUT2D eigenvalue weighted by molar-refractivity contribution is 6.21. The summed E-state index contributed by atoms with van der Waals surface area (Å²) < 4.78 is 35.7. The molecule has 16 heavy (non-hydrogen) atoms. The average molecular weight is 258 g/mol. The van der Waals surface area contributed by atoms with Gasteiger partial charge in [-0.1, -0.05) is 19.3 Å². The van der Waals surface area contributed by atoms with Crippen LogP contribution in [0.1, 0.15) is 44.9 Å². The number of halogens is 4. The van der Waals surface area contributed by atoms with Gasteiger partial charge < -0.3 is 5.32 Å². The predicted octanol–water partition coefficient (Wildman–Crippen LogP) is 3.86. The predicted molar refractivity (Wildman–Crippen MR) is 59.8 cm³/mol. The van der Waals surface area contributed by atoms with Gasteiger partial charge >= 0.3 is 6.18 Å². The lowest BCUT2D eigenvalue weighted by atomic mass is 10.1. The van der Waals surface area contributed by atoms with Crippen LogP contribution in [0.4, 0.5) is 13.2 Å². The van der Waals surface area contributed by atoms with E-state index in [-0.39, 0.29) is 17.8 Å². The van der Waals surface area contributed by atoms with Crippen LogP contribution in [0.5, 0.6) is 0 Å². The Morgan fingerprint density at radius 2 is 1.81 bits per heavy atom. The van der Waals surface area contributed by atoms with Crippen LogP contribution in [0.25, 0.3) is 0 Å². The normalized spacial score (nSPS) is 27.8. The van der Waals surface area contributed by atoms with Crippen LogP contribution in [0.2, 0.25) is 0 Å². The van der Waals surface area contributed by atoms with Gasteiger partial charge in [-0.25, -0.2) is 0 Å². The molecule has 0 heterocycles. The molecule has 2 unspecified atom stereocenters. The monoisotopic (exact) mass is 257 g/mol. The van der Waals surface area contributed by atoms with Crippen LogP contribution >= 0.6 is 11.6 Å². The van der Waals surface area contributed by atoms with Gasteiger partial charge in [0.2, 0.25) is 0 Å². The smallest absolute Gasteiger partial charge is 0.313 e. The average Bonchev–Trinajstić information content (AvgIpc) is 2.37. The zero-order valence-corrected chi connectivity index (χ0v) is 10.1. The Bertz CT molecular complexity index is 196. The van der Waals surface area contributed by atoms with Crippen LogP contribution in [0.15, 0.2) is 0 Å². The fourth-order valence-corrected chi connectivity index (χ4v) is 2.44. The second-order valence-corrected chi connectivity index (χ2v) is 4.99. The Labute approximate surface area is 99.7 Å². The lowest BCUT2D eigenvalue weighted by Gasteiger charge is -2.21. The van der Waals surface area contributed by atoms with Crippen molar-refractivity contribution in [2.24, 2.45) is 0 Å². The number of hydrogen-bond donors (Lipinski definition) is 1.